The molecule has 2 aliphatic heterocycles. The fourth-order valence-corrected chi connectivity index (χ4v) is 9.32. The molecule has 0 radical (unpaired) electrons. The van der Waals surface area contributed by atoms with Crippen molar-refractivity contribution < 1.29 is 47.9 Å². The second-order valence-corrected chi connectivity index (χ2v) is 18.2. The van der Waals surface area contributed by atoms with Crippen LogP contribution < -0.4 is 30.7 Å². The highest BCUT2D eigenvalue weighted by Crippen LogP contribution is 2.48. The lowest BCUT2D eigenvalue weighted by Gasteiger charge is -2.36. The summed E-state index contributed by atoms with van der Waals surface area (Å²) < 4.78 is 54.2. The maximum Gasteiger partial charge on any atom is 0.416 e. The summed E-state index contributed by atoms with van der Waals surface area (Å²) >= 11 is 0. The van der Waals surface area contributed by atoms with E-state index in [2.05, 4.69) is 30.4 Å². The number of piperidine rings is 1. The Hall–Kier alpha value is -5.76. The number of carbonyl (C=O) groups is 1. The predicted molar refractivity (Wildman–Crippen MR) is 245 cm³/mol. The van der Waals surface area contributed by atoms with E-state index in [9.17, 15) is 38.4 Å². The second-order valence-electron chi connectivity index (χ2n) is 18.2. The number of alkyl halides is 3. The van der Waals surface area contributed by atoms with Crippen molar-refractivity contribution in [2.45, 2.75) is 89.5 Å². The van der Waals surface area contributed by atoms with E-state index in [-0.39, 0.29) is 28.8 Å². The smallest absolute Gasteiger partial charge is 0.416 e. The van der Waals surface area contributed by atoms with E-state index < -0.39 is 36.3 Å². The summed E-state index contributed by atoms with van der Waals surface area (Å²) in [6.07, 6.45) is -1.86. The number of nitrogens with zero attached hydrogens (tertiary/aromatic N) is 6. The monoisotopic (exact) mass is 919 g/mol. The van der Waals surface area contributed by atoms with Gasteiger partial charge >= 0.3 is 6.18 Å². The van der Waals surface area contributed by atoms with Crippen molar-refractivity contribution in [3.63, 3.8) is 0 Å². The number of hydrogen-bond acceptors (Lipinski definition) is 14. The zero-order chi connectivity index (χ0) is 47.1. The summed E-state index contributed by atoms with van der Waals surface area (Å²) in [6.45, 7) is 8.49. The molecule has 0 bridgehead atoms. The minimum Gasteiger partial charge on any atom is -0.494 e. The summed E-state index contributed by atoms with van der Waals surface area (Å²) in [6, 6.07) is 11.4. The minimum absolute atomic E-state index is 0.00796. The molecule has 8 rings (SSSR count). The Kier molecular flexibility index (Phi) is 13.4. The van der Waals surface area contributed by atoms with E-state index in [4.69, 9.17) is 15.2 Å². The number of amides is 1. The number of anilines is 3. The second kappa shape index (κ2) is 18.9. The molecule has 66 heavy (non-hydrogen) atoms. The van der Waals surface area contributed by atoms with Crippen LogP contribution in [0.3, 0.4) is 0 Å². The maximum absolute atomic E-state index is 13.6. The van der Waals surface area contributed by atoms with E-state index in [1.165, 1.54) is 10.6 Å². The number of nitrogen functional groups attached to an aromatic ring is 1. The number of hydrogen-bond donors (Lipinski definition) is 7. The van der Waals surface area contributed by atoms with Gasteiger partial charge in [0.25, 0.3) is 0 Å². The van der Waals surface area contributed by atoms with Gasteiger partial charge in [-0.3, -0.25) is 19.6 Å². The summed E-state index contributed by atoms with van der Waals surface area (Å²) in [4.78, 5) is 28.9. The van der Waals surface area contributed by atoms with Crippen LogP contribution in [0, 0.1) is 12.3 Å². The molecule has 356 valence electrons. The highest BCUT2D eigenvalue weighted by atomic mass is 19.4. The Labute approximate surface area is 381 Å². The number of fused-ring (bicyclic) bond motifs is 2. The number of piperazine rings is 1. The number of aliphatic hydroxyl groups excluding tert-OH is 2. The number of benzene rings is 3. The summed E-state index contributed by atoms with van der Waals surface area (Å²) in [5.74, 6) is 1.66. The molecule has 19 heteroatoms. The van der Waals surface area contributed by atoms with E-state index in [0.29, 0.717) is 82.8 Å². The van der Waals surface area contributed by atoms with Crippen molar-refractivity contribution in [1.82, 2.24) is 29.7 Å². The molecule has 3 aromatic carbocycles. The van der Waals surface area contributed by atoms with Crippen LogP contribution >= 0.6 is 0 Å². The van der Waals surface area contributed by atoms with Crippen molar-refractivity contribution in [2.75, 3.05) is 76.0 Å². The number of rotatable bonds is 16. The van der Waals surface area contributed by atoms with Crippen LogP contribution in [0.2, 0.25) is 0 Å². The third-order valence-corrected chi connectivity index (χ3v) is 13.3. The number of aromatic hydroxyl groups is 2. The lowest BCUT2D eigenvalue weighted by Crippen LogP contribution is -2.47. The van der Waals surface area contributed by atoms with Crippen molar-refractivity contribution >= 4 is 44.8 Å². The van der Waals surface area contributed by atoms with Crippen molar-refractivity contribution in [2.24, 2.45) is 5.41 Å². The third-order valence-electron chi connectivity index (χ3n) is 13.3. The lowest BCUT2D eigenvalue weighted by atomic mass is 10.0. The Morgan fingerprint density at radius 1 is 0.985 bits per heavy atom. The van der Waals surface area contributed by atoms with Crippen LogP contribution in [0.4, 0.5) is 30.4 Å². The number of aromatic nitrogens is 3. The van der Waals surface area contributed by atoms with Gasteiger partial charge in [0.05, 0.1) is 36.9 Å². The first-order chi connectivity index (χ1) is 31.4. The van der Waals surface area contributed by atoms with Crippen molar-refractivity contribution in [3.8, 4) is 23.3 Å². The van der Waals surface area contributed by atoms with Gasteiger partial charge in [0.2, 0.25) is 17.7 Å². The Bertz CT molecular complexity index is 2560. The molecule has 16 nitrogen and oxygen atoms in total. The molecule has 8 N–H and O–H groups in total. The molecule has 3 unspecified atom stereocenters. The van der Waals surface area contributed by atoms with Gasteiger partial charge in [-0.05, 0) is 107 Å². The highest BCUT2D eigenvalue weighted by Gasteiger charge is 2.45. The van der Waals surface area contributed by atoms with Gasteiger partial charge in [-0.25, -0.2) is 9.97 Å². The van der Waals surface area contributed by atoms with Gasteiger partial charge in [0, 0.05) is 85.2 Å². The van der Waals surface area contributed by atoms with Crippen LogP contribution in [0.5, 0.6) is 23.3 Å². The van der Waals surface area contributed by atoms with Crippen LogP contribution in [0.25, 0.3) is 21.7 Å². The molecular formula is C47H60F3N9O7. The van der Waals surface area contributed by atoms with Gasteiger partial charge in [-0.2, -0.15) is 13.2 Å². The van der Waals surface area contributed by atoms with Crippen LogP contribution in [0.1, 0.15) is 80.9 Å². The van der Waals surface area contributed by atoms with Gasteiger partial charge in [-0.15, -0.1) is 0 Å². The zero-order valence-corrected chi connectivity index (χ0v) is 37.7. The van der Waals surface area contributed by atoms with Crippen LogP contribution in [-0.4, -0.2) is 123 Å². The number of aliphatic hydroxyl groups is 2. The molecule has 4 heterocycles. The quantitative estimate of drug-likeness (QED) is 0.0431. The minimum atomic E-state index is -4.54. The number of methoxy groups -OCH3 is 1. The summed E-state index contributed by atoms with van der Waals surface area (Å²) in [5.41, 5.74) is 6.68. The molecule has 2 aromatic heterocycles. The van der Waals surface area contributed by atoms with Crippen molar-refractivity contribution in [3.05, 3.63) is 65.5 Å². The van der Waals surface area contributed by atoms with Gasteiger partial charge in [0.15, 0.2) is 11.5 Å². The molecular weight excluding hydrogens is 860 g/mol. The number of ether oxygens (including phenoxy) is 2. The predicted octanol–water partition coefficient (Wildman–Crippen LogP) is 6.26. The summed E-state index contributed by atoms with van der Waals surface area (Å²) in [5, 5.41) is 50.0. The average molecular weight is 920 g/mol. The number of nitrogens with one attached hydrogen (secondary N) is 2. The number of halogens is 3. The Morgan fingerprint density at radius 2 is 1.73 bits per heavy atom. The van der Waals surface area contributed by atoms with Crippen LogP contribution in [0.15, 0.2) is 48.5 Å². The first kappa shape index (κ1) is 46.8. The van der Waals surface area contributed by atoms with E-state index >= 15 is 0 Å². The summed E-state index contributed by atoms with van der Waals surface area (Å²) in [7, 11) is 3.38. The van der Waals surface area contributed by atoms with E-state index in [1.807, 2.05) is 19.2 Å². The highest BCUT2D eigenvalue weighted by molar-refractivity contribution is 5.95. The zero-order valence-electron chi connectivity index (χ0n) is 37.7. The van der Waals surface area contributed by atoms with Crippen LogP contribution in [-0.2, 0) is 11.0 Å². The topological polar surface area (TPSA) is 207 Å². The van der Waals surface area contributed by atoms with Gasteiger partial charge in [0.1, 0.15) is 24.1 Å². The lowest BCUT2D eigenvalue weighted by molar-refractivity contribution is -0.137. The number of aryl methyl sites for hydroxylation is 1. The molecule has 0 spiro atoms. The largest absolute Gasteiger partial charge is 0.494 e. The first-order valence-electron chi connectivity index (χ1n) is 22.5. The number of unbranched alkanes of at least 4 members (excludes halogenated alkanes) is 1. The molecule has 1 aliphatic carbocycles. The SMILES string of the molecule is COc1cc2nc(C)nc(N[C@H](C)c3cc(N)cc(C(F)(F)F)c3)c2cc1OCC1(CN(C)C(=O)CCCCN2CCN(c3ccc4c(O)n(C5CCC(O)NC5O)c(O)c4c3)CC2)CC1. The Morgan fingerprint density at radius 3 is 2.42 bits per heavy atom. The standard InChI is InChI=1S/C47H60F3N9O7/c1-27(29-19-30(47(48,49)50)21-31(51)20-29)52-42-35-23-39(38(65-4)24-36(35)53-28(2)54-42)66-26-46(12-13-46)25-56(3)41(61)7-5-6-14-57-15-17-58(18-16-57)32-8-9-33-34(22-32)45(64)59(44(33)63)37-10-11-40(60)55-43(37)62/h8-9,19-24,27,37,40,43,55,60,62-64H,5-7,10-18,25-26,51H2,1-4H3,(H,52,53,54)/t27-,37?,40?,43?/m1/s1. The molecule has 3 fully saturated rings. The molecule has 2 saturated heterocycles. The third kappa shape index (κ3) is 10.1. The van der Waals surface area contributed by atoms with E-state index in [1.54, 1.807) is 44.1 Å². The molecule has 4 atom stereocenters. The van der Waals surface area contributed by atoms with Gasteiger partial charge in [-0.1, -0.05) is 0 Å². The molecule has 1 amide bonds. The Balaban J connectivity index is 0.808. The molecule has 3 aliphatic rings. The average Bonchev–Trinajstić information content (AvgIpc) is 4.00. The maximum atomic E-state index is 13.6. The normalized spacial score (nSPS) is 20.4. The van der Waals surface area contributed by atoms with E-state index in [0.717, 1.165) is 76.2 Å². The molecule has 1 saturated carbocycles. The fraction of sp³-hybridized carbons (Fsp3) is 0.511. The number of carbonyl (C=O) groups excluding carboxylic acids is 1. The first-order valence-corrected chi connectivity index (χ1v) is 22.5. The van der Waals surface area contributed by atoms with Crippen molar-refractivity contribution in [1.29, 1.82) is 0 Å². The fourth-order valence-electron chi connectivity index (χ4n) is 9.32. The number of nitrogens with two attached hydrogens (primary N) is 1. The molecule has 5 aromatic rings. The van der Waals surface area contributed by atoms with Gasteiger partial charge < -0.3 is 50.8 Å².